The number of carbonyl (C=O) groups is 1. The van der Waals surface area contributed by atoms with Gasteiger partial charge in [-0.05, 0) is 25.1 Å². The Balaban J connectivity index is 1.92. The SMILES string of the molecule is CCOC(=O)N1CCN(Cc2cc(Cl)ccc2OC)CC1. The van der Waals surface area contributed by atoms with Crippen LogP contribution >= 0.6 is 11.6 Å². The van der Waals surface area contributed by atoms with Crippen LogP contribution in [0.25, 0.3) is 0 Å². The molecule has 2 rings (SSSR count). The van der Waals surface area contributed by atoms with Crippen molar-refractivity contribution in [2.45, 2.75) is 13.5 Å². The molecule has 0 N–H and O–H groups in total. The molecule has 1 aromatic carbocycles. The molecule has 0 spiro atoms. The predicted molar refractivity (Wildman–Crippen MR) is 81.9 cm³/mol. The van der Waals surface area contributed by atoms with Crippen molar-refractivity contribution in [3.05, 3.63) is 28.8 Å². The zero-order valence-corrected chi connectivity index (χ0v) is 13.2. The van der Waals surface area contributed by atoms with Crippen LogP contribution in [-0.4, -0.2) is 55.8 Å². The molecule has 0 atom stereocenters. The number of methoxy groups -OCH3 is 1. The summed E-state index contributed by atoms with van der Waals surface area (Å²) in [6.07, 6.45) is -0.225. The average molecular weight is 313 g/mol. The highest BCUT2D eigenvalue weighted by Gasteiger charge is 2.22. The largest absolute Gasteiger partial charge is 0.496 e. The molecule has 0 bridgehead atoms. The summed E-state index contributed by atoms with van der Waals surface area (Å²) in [7, 11) is 1.66. The van der Waals surface area contributed by atoms with Gasteiger partial charge in [0.2, 0.25) is 0 Å². The quantitative estimate of drug-likeness (QED) is 0.857. The van der Waals surface area contributed by atoms with Crippen molar-refractivity contribution in [3.63, 3.8) is 0 Å². The third-order valence-electron chi connectivity index (χ3n) is 3.53. The molecule has 116 valence electrons. The summed E-state index contributed by atoms with van der Waals surface area (Å²) in [6.45, 7) is 5.99. The summed E-state index contributed by atoms with van der Waals surface area (Å²) < 4.78 is 10.4. The van der Waals surface area contributed by atoms with Gasteiger partial charge in [-0.1, -0.05) is 11.6 Å². The highest BCUT2D eigenvalue weighted by atomic mass is 35.5. The number of halogens is 1. The summed E-state index contributed by atoms with van der Waals surface area (Å²) in [5, 5.41) is 0.705. The second-order valence-electron chi connectivity index (χ2n) is 4.92. The molecule has 5 nitrogen and oxygen atoms in total. The fourth-order valence-corrected chi connectivity index (χ4v) is 2.61. The maximum atomic E-state index is 11.7. The molecular weight excluding hydrogens is 292 g/mol. The van der Waals surface area contributed by atoms with Crippen LogP contribution in [0.5, 0.6) is 5.75 Å². The molecule has 6 heteroatoms. The van der Waals surface area contributed by atoms with Gasteiger partial charge < -0.3 is 14.4 Å². The first-order valence-corrected chi connectivity index (χ1v) is 7.48. The molecule has 0 unspecified atom stereocenters. The van der Waals surface area contributed by atoms with E-state index in [0.717, 1.165) is 30.9 Å². The molecule has 0 aromatic heterocycles. The van der Waals surface area contributed by atoms with Crippen molar-refractivity contribution in [1.29, 1.82) is 0 Å². The maximum absolute atomic E-state index is 11.7. The van der Waals surface area contributed by atoms with E-state index in [1.165, 1.54) is 0 Å². The van der Waals surface area contributed by atoms with Crippen LogP contribution in [0.3, 0.4) is 0 Å². The predicted octanol–water partition coefficient (Wildman–Crippen LogP) is 2.62. The minimum atomic E-state index is -0.225. The van der Waals surface area contributed by atoms with E-state index in [1.807, 2.05) is 25.1 Å². The summed E-state index contributed by atoms with van der Waals surface area (Å²) in [5.41, 5.74) is 1.06. The van der Waals surface area contributed by atoms with E-state index in [1.54, 1.807) is 12.0 Å². The second-order valence-corrected chi connectivity index (χ2v) is 5.35. The molecule has 1 aliphatic heterocycles. The standard InChI is InChI=1S/C15H21ClN2O3/c1-3-21-15(19)18-8-6-17(7-9-18)11-12-10-13(16)4-5-14(12)20-2/h4-5,10H,3,6-9,11H2,1-2H3. The smallest absolute Gasteiger partial charge is 0.409 e. The number of piperazine rings is 1. The molecule has 1 saturated heterocycles. The number of benzene rings is 1. The summed E-state index contributed by atoms with van der Waals surface area (Å²) in [5.74, 6) is 0.840. The van der Waals surface area contributed by atoms with Crippen LogP contribution in [-0.2, 0) is 11.3 Å². The number of hydrogen-bond acceptors (Lipinski definition) is 4. The Kier molecular flexibility index (Phi) is 5.70. The Hall–Kier alpha value is -1.46. The molecule has 0 radical (unpaired) electrons. The van der Waals surface area contributed by atoms with Crippen LogP contribution < -0.4 is 4.74 Å². The Morgan fingerprint density at radius 3 is 2.62 bits per heavy atom. The molecule has 21 heavy (non-hydrogen) atoms. The molecule has 1 aliphatic rings. The second kappa shape index (κ2) is 7.52. The van der Waals surface area contributed by atoms with Gasteiger partial charge in [-0.25, -0.2) is 4.79 Å². The van der Waals surface area contributed by atoms with E-state index < -0.39 is 0 Å². The van der Waals surface area contributed by atoms with E-state index in [9.17, 15) is 4.79 Å². The molecular formula is C15H21ClN2O3. The lowest BCUT2D eigenvalue weighted by Gasteiger charge is -2.34. The zero-order chi connectivity index (χ0) is 15.2. The summed E-state index contributed by atoms with van der Waals surface area (Å²) >= 11 is 6.05. The average Bonchev–Trinajstić information content (AvgIpc) is 2.48. The lowest BCUT2D eigenvalue weighted by molar-refractivity contribution is 0.0776. The number of hydrogen-bond donors (Lipinski definition) is 0. The summed E-state index contributed by atoms with van der Waals surface area (Å²) in [6, 6.07) is 5.63. The van der Waals surface area contributed by atoms with Crippen LogP contribution in [0.1, 0.15) is 12.5 Å². The van der Waals surface area contributed by atoms with E-state index in [0.29, 0.717) is 24.7 Å². The first-order valence-electron chi connectivity index (χ1n) is 7.10. The zero-order valence-electron chi connectivity index (χ0n) is 12.5. The van der Waals surface area contributed by atoms with E-state index in [2.05, 4.69) is 4.90 Å². The van der Waals surface area contributed by atoms with Gasteiger partial charge in [-0.3, -0.25) is 4.90 Å². The van der Waals surface area contributed by atoms with Crippen molar-refractivity contribution in [3.8, 4) is 5.75 Å². The van der Waals surface area contributed by atoms with Crippen LogP contribution in [0, 0.1) is 0 Å². The van der Waals surface area contributed by atoms with Crippen molar-refractivity contribution >= 4 is 17.7 Å². The van der Waals surface area contributed by atoms with Gasteiger partial charge >= 0.3 is 6.09 Å². The van der Waals surface area contributed by atoms with Crippen molar-refractivity contribution in [2.24, 2.45) is 0 Å². The maximum Gasteiger partial charge on any atom is 0.409 e. The topological polar surface area (TPSA) is 42.0 Å². The molecule has 0 saturated carbocycles. The van der Waals surface area contributed by atoms with Gasteiger partial charge in [-0.15, -0.1) is 0 Å². The van der Waals surface area contributed by atoms with Gasteiger partial charge in [0.05, 0.1) is 13.7 Å². The van der Waals surface area contributed by atoms with E-state index in [4.69, 9.17) is 21.1 Å². The van der Waals surface area contributed by atoms with E-state index >= 15 is 0 Å². The number of ether oxygens (including phenoxy) is 2. The van der Waals surface area contributed by atoms with Crippen LogP contribution in [0.4, 0.5) is 4.79 Å². The minimum Gasteiger partial charge on any atom is -0.496 e. The first-order chi connectivity index (χ1) is 10.1. The van der Waals surface area contributed by atoms with E-state index in [-0.39, 0.29) is 6.09 Å². The normalized spacial score (nSPS) is 15.9. The molecule has 1 fully saturated rings. The van der Waals surface area contributed by atoms with Gasteiger partial charge in [0.25, 0.3) is 0 Å². The molecule has 1 aromatic rings. The molecule has 0 aliphatic carbocycles. The Morgan fingerprint density at radius 2 is 2.00 bits per heavy atom. The van der Waals surface area contributed by atoms with Crippen molar-refractivity contribution in [1.82, 2.24) is 9.80 Å². The van der Waals surface area contributed by atoms with Crippen molar-refractivity contribution in [2.75, 3.05) is 39.9 Å². The van der Waals surface area contributed by atoms with Gasteiger partial charge in [0.15, 0.2) is 0 Å². The number of rotatable bonds is 4. The molecule has 1 heterocycles. The summed E-state index contributed by atoms with van der Waals surface area (Å²) in [4.78, 5) is 15.7. The minimum absolute atomic E-state index is 0.225. The Bertz CT molecular complexity index is 488. The third kappa shape index (κ3) is 4.25. The highest BCUT2D eigenvalue weighted by molar-refractivity contribution is 6.30. The fraction of sp³-hybridized carbons (Fsp3) is 0.533. The monoisotopic (exact) mass is 312 g/mol. The Morgan fingerprint density at radius 1 is 1.29 bits per heavy atom. The highest BCUT2D eigenvalue weighted by Crippen LogP contribution is 2.24. The van der Waals surface area contributed by atoms with Gasteiger partial charge in [0, 0.05) is 43.3 Å². The Labute approximate surface area is 130 Å². The third-order valence-corrected chi connectivity index (χ3v) is 3.77. The van der Waals surface area contributed by atoms with Crippen LogP contribution in [0.15, 0.2) is 18.2 Å². The number of nitrogens with zero attached hydrogens (tertiary/aromatic N) is 2. The van der Waals surface area contributed by atoms with Gasteiger partial charge in [0.1, 0.15) is 5.75 Å². The fourth-order valence-electron chi connectivity index (χ4n) is 2.41. The first kappa shape index (κ1) is 15.9. The van der Waals surface area contributed by atoms with Crippen LogP contribution in [0.2, 0.25) is 5.02 Å². The van der Waals surface area contributed by atoms with Gasteiger partial charge in [-0.2, -0.15) is 0 Å². The lowest BCUT2D eigenvalue weighted by Crippen LogP contribution is -2.48. The molecule has 1 amide bonds. The lowest BCUT2D eigenvalue weighted by atomic mass is 10.1. The number of carbonyl (C=O) groups excluding carboxylic acids is 1. The van der Waals surface area contributed by atoms with Crippen molar-refractivity contribution < 1.29 is 14.3 Å². The number of amides is 1.